The number of ether oxygens (including phenoxy) is 2. The summed E-state index contributed by atoms with van der Waals surface area (Å²) in [6.45, 7) is 2.22. The molecule has 72 valence electrons. The van der Waals surface area contributed by atoms with Gasteiger partial charge >= 0.3 is 0 Å². The molecule has 0 spiro atoms. The highest BCUT2D eigenvalue weighted by Crippen LogP contribution is 2.43. The van der Waals surface area contributed by atoms with Crippen LogP contribution in [0.1, 0.15) is 18.1 Å². The Hall–Kier alpha value is -1.21. The van der Waals surface area contributed by atoms with Crippen LogP contribution in [0.25, 0.3) is 0 Å². The monoisotopic (exact) mass is 253 g/mol. The molecular formula is C10H8BrNO2. The van der Waals surface area contributed by atoms with Gasteiger partial charge in [-0.15, -0.1) is 0 Å². The molecule has 0 fully saturated rings. The number of hydrogen-bond donors (Lipinski definition) is 0. The molecule has 0 aromatic heterocycles. The van der Waals surface area contributed by atoms with Crippen molar-refractivity contribution in [3.05, 3.63) is 21.7 Å². The van der Waals surface area contributed by atoms with Gasteiger partial charge in [-0.1, -0.05) is 6.92 Å². The molecular weight excluding hydrogens is 246 g/mol. The summed E-state index contributed by atoms with van der Waals surface area (Å²) < 4.78 is 11.4. The van der Waals surface area contributed by atoms with Gasteiger partial charge in [0.1, 0.15) is 0 Å². The average Bonchev–Trinajstić information content (AvgIpc) is 2.66. The van der Waals surface area contributed by atoms with Gasteiger partial charge in [-0.25, -0.2) is 0 Å². The summed E-state index contributed by atoms with van der Waals surface area (Å²) in [5.41, 5.74) is 1.56. The summed E-state index contributed by atoms with van der Waals surface area (Å²) in [5.74, 6) is 1.42. The van der Waals surface area contributed by atoms with Crippen molar-refractivity contribution in [1.82, 2.24) is 0 Å². The maximum atomic E-state index is 8.94. The second kappa shape index (κ2) is 3.50. The van der Waals surface area contributed by atoms with Crippen molar-refractivity contribution in [2.75, 3.05) is 6.79 Å². The van der Waals surface area contributed by atoms with Crippen molar-refractivity contribution in [3.8, 4) is 17.6 Å². The van der Waals surface area contributed by atoms with Gasteiger partial charge in [0.05, 0.1) is 16.1 Å². The zero-order chi connectivity index (χ0) is 10.1. The number of nitriles is 1. The SMILES string of the molecule is CCc1c(C#N)cc(Br)c2c1OCO2. The molecule has 3 nitrogen and oxygen atoms in total. The van der Waals surface area contributed by atoms with E-state index >= 15 is 0 Å². The highest BCUT2D eigenvalue weighted by Gasteiger charge is 2.23. The van der Waals surface area contributed by atoms with Crippen molar-refractivity contribution in [2.24, 2.45) is 0 Å². The fourth-order valence-electron chi connectivity index (χ4n) is 1.53. The van der Waals surface area contributed by atoms with Crippen LogP contribution in [0.15, 0.2) is 10.5 Å². The zero-order valence-corrected chi connectivity index (χ0v) is 9.22. The Kier molecular flexibility index (Phi) is 2.34. The minimum atomic E-state index is 0.232. The lowest BCUT2D eigenvalue weighted by atomic mass is 10.0. The Morgan fingerprint density at radius 2 is 2.21 bits per heavy atom. The van der Waals surface area contributed by atoms with Crippen molar-refractivity contribution in [1.29, 1.82) is 5.26 Å². The smallest absolute Gasteiger partial charge is 0.231 e. The van der Waals surface area contributed by atoms with Crippen LogP contribution in [0.4, 0.5) is 0 Å². The first kappa shape index (κ1) is 9.35. The van der Waals surface area contributed by atoms with Crippen LogP contribution in [-0.2, 0) is 6.42 Å². The molecule has 0 amide bonds. The second-order valence-electron chi connectivity index (χ2n) is 2.91. The Morgan fingerprint density at radius 1 is 1.50 bits per heavy atom. The zero-order valence-electron chi connectivity index (χ0n) is 7.63. The van der Waals surface area contributed by atoms with Crippen molar-refractivity contribution < 1.29 is 9.47 Å². The Balaban J connectivity index is 2.69. The summed E-state index contributed by atoms with van der Waals surface area (Å²) in [6, 6.07) is 3.92. The minimum absolute atomic E-state index is 0.232. The predicted molar refractivity (Wildman–Crippen MR) is 54.4 cm³/mol. The molecule has 0 unspecified atom stereocenters. The molecule has 0 N–H and O–H groups in total. The molecule has 1 heterocycles. The minimum Gasteiger partial charge on any atom is -0.453 e. The maximum Gasteiger partial charge on any atom is 0.231 e. The quantitative estimate of drug-likeness (QED) is 0.773. The average molecular weight is 254 g/mol. The van der Waals surface area contributed by atoms with Crippen LogP contribution < -0.4 is 9.47 Å². The van der Waals surface area contributed by atoms with E-state index in [1.807, 2.05) is 6.92 Å². The summed E-state index contributed by atoms with van der Waals surface area (Å²) in [5, 5.41) is 8.94. The van der Waals surface area contributed by atoms with Gasteiger partial charge in [0.25, 0.3) is 0 Å². The molecule has 0 saturated heterocycles. The largest absolute Gasteiger partial charge is 0.453 e. The van der Waals surface area contributed by atoms with E-state index in [1.165, 1.54) is 0 Å². The van der Waals surface area contributed by atoms with E-state index in [-0.39, 0.29) is 6.79 Å². The molecule has 1 aromatic rings. The van der Waals surface area contributed by atoms with Crippen LogP contribution >= 0.6 is 15.9 Å². The summed E-state index contributed by atoms with van der Waals surface area (Å²) in [6.07, 6.45) is 0.766. The van der Waals surface area contributed by atoms with Gasteiger partial charge in [0.15, 0.2) is 11.5 Å². The van der Waals surface area contributed by atoms with Crippen molar-refractivity contribution in [2.45, 2.75) is 13.3 Å². The van der Waals surface area contributed by atoms with Gasteiger partial charge in [-0.05, 0) is 28.4 Å². The van der Waals surface area contributed by atoms with Crippen LogP contribution in [0, 0.1) is 11.3 Å². The predicted octanol–water partition coefficient (Wildman–Crippen LogP) is 2.61. The first-order chi connectivity index (χ1) is 6.77. The fraction of sp³-hybridized carbons (Fsp3) is 0.300. The second-order valence-corrected chi connectivity index (χ2v) is 3.77. The molecule has 1 aliphatic rings. The van der Waals surface area contributed by atoms with E-state index < -0.39 is 0 Å². The van der Waals surface area contributed by atoms with Gasteiger partial charge in [-0.2, -0.15) is 5.26 Å². The van der Waals surface area contributed by atoms with Crippen LogP contribution in [0.5, 0.6) is 11.5 Å². The molecule has 1 aliphatic heterocycles. The summed E-state index contributed by atoms with van der Waals surface area (Å²) in [7, 11) is 0. The molecule has 2 rings (SSSR count). The normalized spacial score (nSPS) is 12.6. The highest BCUT2D eigenvalue weighted by atomic mass is 79.9. The molecule has 0 radical (unpaired) electrons. The molecule has 0 aliphatic carbocycles. The van der Waals surface area contributed by atoms with E-state index in [4.69, 9.17) is 14.7 Å². The van der Waals surface area contributed by atoms with Crippen LogP contribution in [0.2, 0.25) is 0 Å². The highest BCUT2D eigenvalue weighted by molar-refractivity contribution is 9.10. The van der Waals surface area contributed by atoms with Crippen molar-refractivity contribution >= 4 is 15.9 Å². The number of halogens is 1. The molecule has 0 saturated carbocycles. The third-order valence-corrected chi connectivity index (χ3v) is 2.76. The maximum absolute atomic E-state index is 8.94. The number of fused-ring (bicyclic) bond motifs is 1. The third-order valence-electron chi connectivity index (χ3n) is 2.17. The lowest BCUT2D eigenvalue weighted by Gasteiger charge is -2.06. The molecule has 0 atom stereocenters. The Bertz CT molecular complexity index is 423. The van der Waals surface area contributed by atoms with Crippen LogP contribution in [-0.4, -0.2) is 6.79 Å². The number of rotatable bonds is 1. The van der Waals surface area contributed by atoms with E-state index in [0.29, 0.717) is 17.1 Å². The molecule has 4 heteroatoms. The topological polar surface area (TPSA) is 42.2 Å². The van der Waals surface area contributed by atoms with Gasteiger partial charge < -0.3 is 9.47 Å². The lowest BCUT2D eigenvalue weighted by molar-refractivity contribution is 0.173. The Morgan fingerprint density at radius 3 is 2.86 bits per heavy atom. The fourth-order valence-corrected chi connectivity index (χ4v) is 2.06. The molecule has 1 aromatic carbocycles. The first-order valence-electron chi connectivity index (χ1n) is 4.29. The lowest BCUT2D eigenvalue weighted by Crippen LogP contribution is -1.95. The number of nitrogens with zero attached hydrogens (tertiary/aromatic N) is 1. The van der Waals surface area contributed by atoms with E-state index in [2.05, 4.69) is 22.0 Å². The third kappa shape index (κ3) is 1.25. The number of hydrogen-bond acceptors (Lipinski definition) is 3. The van der Waals surface area contributed by atoms with E-state index in [9.17, 15) is 0 Å². The van der Waals surface area contributed by atoms with Gasteiger partial charge in [0, 0.05) is 5.56 Å². The first-order valence-corrected chi connectivity index (χ1v) is 5.08. The van der Waals surface area contributed by atoms with Gasteiger partial charge in [-0.3, -0.25) is 0 Å². The summed E-state index contributed by atoms with van der Waals surface area (Å²) >= 11 is 3.35. The van der Waals surface area contributed by atoms with E-state index in [0.717, 1.165) is 16.5 Å². The summed E-state index contributed by atoms with van der Waals surface area (Å²) in [4.78, 5) is 0. The van der Waals surface area contributed by atoms with Crippen LogP contribution in [0.3, 0.4) is 0 Å². The standard InChI is InChI=1S/C10H8BrNO2/c1-2-7-6(4-12)3-8(11)10-9(7)13-5-14-10/h3H,2,5H2,1H3. The van der Waals surface area contributed by atoms with E-state index in [1.54, 1.807) is 6.07 Å². The van der Waals surface area contributed by atoms with Gasteiger partial charge in [0.2, 0.25) is 6.79 Å². The van der Waals surface area contributed by atoms with Crippen molar-refractivity contribution in [3.63, 3.8) is 0 Å². The molecule has 0 bridgehead atoms. The molecule has 14 heavy (non-hydrogen) atoms. The number of benzene rings is 1. The Labute approximate surface area is 90.4 Å².